The molecule has 1 fully saturated rings. The first-order valence-corrected chi connectivity index (χ1v) is 8.35. The molecule has 2 aliphatic heterocycles. The summed E-state index contributed by atoms with van der Waals surface area (Å²) in [6.45, 7) is 11.9. The Morgan fingerprint density at radius 3 is 2.29 bits per heavy atom. The van der Waals surface area contributed by atoms with Crippen LogP contribution in [0.3, 0.4) is 0 Å². The zero-order valence-corrected chi connectivity index (χ0v) is 15.1. The van der Waals surface area contributed by atoms with Gasteiger partial charge >= 0.3 is 6.09 Å². The van der Waals surface area contributed by atoms with Crippen molar-refractivity contribution < 1.29 is 19.0 Å². The summed E-state index contributed by atoms with van der Waals surface area (Å²) >= 11 is 0. The van der Waals surface area contributed by atoms with Gasteiger partial charge in [0.2, 0.25) is 0 Å². The Morgan fingerprint density at radius 2 is 1.71 bits per heavy atom. The molecule has 0 spiro atoms. The lowest BCUT2D eigenvalue weighted by Crippen LogP contribution is -2.50. The molecule has 132 valence electrons. The standard InChI is InChI=1S/C18H26N2O4/c1-10-11(2)14(19)16-15(22-6-7-23-16)13(10)12-8-20(9-12)17(21)24-18(3,4)5/h12H,6-9,19H2,1-5H3. The Kier molecular flexibility index (Phi) is 4.01. The van der Waals surface area contributed by atoms with E-state index in [1.165, 1.54) is 0 Å². The third kappa shape index (κ3) is 2.85. The number of hydrogen-bond acceptors (Lipinski definition) is 5. The quantitative estimate of drug-likeness (QED) is 0.799. The summed E-state index contributed by atoms with van der Waals surface area (Å²) in [6.07, 6.45) is -0.269. The molecule has 2 N–H and O–H groups in total. The second kappa shape index (κ2) is 5.76. The number of amides is 1. The largest absolute Gasteiger partial charge is 0.486 e. The molecule has 1 amide bonds. The lowest BCUT2D eigenvalue weighted by atomic mass is 9.85. The molecule has 0 aliphatic carbocycles. The van der Waals surface area contributed by atoms with Crippen LogP contribution < -0.4 is 15.2 Å². The molecule has 0 atom stereocenters. The molecule has 1 aromatic carbocycles. The highest BCUT2D eigenvalue weighted by Crippen LogP contribution is 2.48. The minimum absolute atomic E-state index is 0.215. The number of carbonyl (C=O) groups excluding carboxylic acids is 1. The van der Waals surface area contributed by atoms with Crippen LogP contribution in [0, 0.1) is 13.8 Å². The van der Waals surface area contributed by atoms with Gasteiger partial charge in [0.05, 0.1) is 5.69 Å². The highest BCUT2D eigenvalue weighted by atomic mass is 16.6. The topological polar surface area (TPSA) is 74.0 Å². The first-order chi connectivity index (χ1) is 11.2. The van der Waals surface area contributed by atoms with Gasteiger partial charge in [-0.25, -0.2) is 4.79 Å². The average molecular weight is 334 g/mol. The molecule has 3 rings (SSSR count). The third-order valence-electron chi connectivity index (χ3n) is 4.58. The lowest BCUT2D eigenvalue weighted by molar-refractivity contribution is 0.00776. The Hall–Kier alpha value is -2.11. The van der Waals surface area contributed by atoms with Gasteiger partial charge in [0.15, 0.2) is 11.5 Å². The fourth-order valence-electron chi connectivity index (χ4n) is 3.19. The molecule has 0 radical (unpaired) electrons. The summed E-state index contributed by atoms with van der Waals surface area (Å²) < 4.78 is 17.0. The number of benzene rings is 1. The summed E-state index contributed by atoms with van der Waals surface area (Å²) in [5.41, 5.74) is 9.60. The Bertz CT molecular complexity index is 673. The normalized spacial score (nSPS) is 17.5. The van der Waals surface area contributed by atoms with Crippen LogP contribution in [-0.4, -0.2) is 42.9 Å². The van der Waals surface area contributed by atoms with Crippen LogP contribution in [-0.2, 0) is 4.74 Å². The van der Waals surface area contributed by atoms with Crippen LogP contribution in [0.5, 0.6) is 11.5 Å². The van der Waals surface area contributed by atoms with Crippen molar-refractivity contribution in [3.05, 3.63) is 16.7 Å². The van der Waals surface area contributed by atoms with Gasteiger partial charge in [0.1, 0.15) is 18.8 Å². The van der Waals surface area contributed by atoms with Gasteiger partial charge in [0.25, 0.3) is 0 Å². The van der Waals surface area contributed by atoms with Gasteiger partial charge in [-0.3, -0.25) is 0 Å². The van der Waals surface area contributed by atoms with Crippen LogP contribution in [0.2, 0.25) is 0 Å². The van der Waals surface area contributed by atoms with Crippen LogP contribution in [0.15, 0.2) is 0 Å². The minimum Gasteiger partial charge on any atom is -0.486 e. The molecule has 24 heavy (non-hydrogen) atoms. The number of hydrogen-bond donors (Lipinski definition) is 1. The number of fused-ring (bicyclic) bond motifs is 1. The Balaban J connectivity index is 1.82. The smallest absolute Gasteiger partial charge is 0.410 e. The van der Waals surface area contributed by atoms with Gasteiger partial charge in [-0.05, 0) is 45.7 Å². The van der Waals surface area contributed by atoms with E-state index >= 15 is 0 Å². The summed E-state index contributed by atoms with van der Waals surface area (Å²) in [6, 6.07) is 0. The maximum absolute atomic E-state index is 12.1. The van der Waals surface area contributed by atoms with E-state index in [-0.39, 0.29) is 12.0 Å². The molecular weight excluding hydrogens is 308 g/mol. The van der Waals surface area contributed by atoms with Crippen LogP contribution in [0.25, 0.3) is 0 Å². The number of nitrogens with zero attached hydrogens (tertiary/aromatic N) is 1. The number of anilines is 1. The van der Waals surface area contributed by atoms with Crippen LogP contribution in [0.1, 0.15) is 43.4 Å². The van der Waals surface area contributed by atoms with E-state index in [0.717, 1.165) is 22.4 Å². The maximum atomic E-state index is 12.1. The number of carbonyl (C=O) groups is 1. The number of nitrogens with two attached hydrogens (primary N) is 1. The fourth-order valence-corrected chi connectivity index (χ4v) is 3.19. The summed E-state index contributed by atoms with van der Waals surface area (Å²) in [4.78, 5) is 13.9. The number of likely N-dealkylation sites (tertiary alicyclic amines) is 1. The third-order valence-corrected chi connectivity index (χ3v) is 4.58. The number of ether oxygens (including phenoxy) is 3. The van der Waals surface area contributed by atoms with Crippen LogP contribution >= 0.6 is 0 Å². The predicted molar refractivity (Wildman–Crippen MR) is 91.9 cm³/mol. The fraction of sp³-hybridized carbons (Fsp3) is 0.611. The van der Waals surface area contributed by atoms with Gasteiger partial charge in [0, 0.05) is 24.6 Å². The molecule has 0 aromatic heterocycles. The predicted octanol–water partition coefficient (Wildman–Crippen LogP) is 2.99. The Morgan fingerprint density at radius 1 is 1.12 bits per heavy atom. The van der Waals surface area contributed by atoms with Crippen molar-refractivity contribution in [2.75, 3.05) is 32.0 Å². The van der Waals surface area contributed by atoms with Crippen molar-refractivity contribution in [1.82, 2.24) is 4.90 Å². The molecule has 0 unspecified atom stereocenters. The first kappa shape index (κ1) is 16.7. The van der Waals surface area contributed by atoms with E-state index in [9.17, 15) is 4.79 Å². The summed E-state index contributed by atoms with van der Waals surface area (Å²) in [5, 5.41) is 0. The molecule has 0 bridgehead atoms. The van der Waals surface area contributed by atoms with E-state index in [2.05, 4.69) is 6.92 Å². The van der Waals surface area contributed by atoms with Crippen molar-refractivity contribution in [2.45, 2.75) is 46.1 Å². The molecule has 2 aliphatic rings. The molecule has 6 heteroatoms. The van der Waals surface area contributed by atoms with E-state index in [4.69, 9.17) is 19.9 Å². The summed E-state index contributed by atoms with van der Waals surface area (Å²) in [5.74, 6) is 1.61. The highest BCUT2D eigenvalue weighted by Gasteiger charge is 2.39. The van der Waals surface area contributed by atoms with Crippen LogP contribution in [0.4, 0.5) is 10.5 Å². The number of nitrogen functional groups attached to an aromatic ring is 1. The summed E-state index contributed by atoms with van der Waals surface area (Å²) in [7, 11) is 0. The van der Waals surface area contributed by atoms with E-state index < -0.39 is 5.60 Å². The molecular formula is C18H26N2O4. The maximum Gasteiger partial charge on any atom is 0.410 e. The molecule has 0 saturated carbocycles. The van der Waals surface area contributed by atoms with E-state index in [1.807, 2.05) is 27.7 Å². The Labute approximate surface area is 142 Å². The molecule has 1 aromatic rings. The highest BCUT2D eigenvalue weighted by molar-refractivity contribution is 5.73. The van der Waals surface area contributed by atoms with Crippen molar-refractivity contribution >= 4 is 11.8 Å². The van der Waals surface area contributed by atoms with E-state index in [0.29, 0.717) is 37.7 Å². The van der Waals surface area contributed by atoms with Gasteiger partial charge < -0.3 is 24.8 Å². The van der Waals surface area contributed by atoms with Crippen molar-refractivity contribution in [3.8, 4) is 11.5 Å². The van der Waals surface area contributed by atoms with Gasteiger partial charge in [-0.1, -0.05) is 0 Å². The molecule has 2 heterocycles. The van der Waals surface area contributed by atoms with Gasteiger partial charge in [-0.2, -0.15) is 0 Å². The SMILES string of the molecule is Cc1c(C)c(C2CN(C(=O)OC(C)(C)C)C2)c2c(c1N)OCCO2. The zero-order valence-electron chi connectivity index (χ0n) is 15.1. The second-order valence-electron chi connectivity index (χ2n) is 7.51. The van der Waals surface area contributed by atoms with Crippen molar-refractivity contribution in [3.63, 3.8) is 0 Å². The average Bonchev–Trinajstić information content (AvgIpc) is 2.45. The molecule has 6 nitrogen and oxygen atoms in total. The lowest BCUT2D eigenvalue weighted by Gasteiger charge is -2.42. The second-order valence-corrected chi connectivity index (χ2v) is 7.51. The minimum atomic E-state index is -0.480. The van der Waals surface area contributed by atoms with Crippen molar-refractivity contribution in [2.24, 2.45) is 0 Å². The number of rotatable bonds is 1. The van der Waals surface area contributed by atoms with E-state index in [1.54, 1.807) is 4.90 Å². The van der Waals surface area contributed by atoms with Crippen molar-refractivity contribution in [1.29, 1.82) is 0 Å². The zero-order chi connectivity index (χ0) is 17.6. The molecule has 1 saturated heterocycles. The first-order valence-electron chi connectivity index (χ1n) is 8.35. The monoisotopic (exact) mass is 334 g/mol. The van der Waals surface area contributed by atoms with Gasteiger partial charge in [-0.15, -0.1) is 0 Å².